The summed E-state index contributed by atoms with van der Waals surface area (Å²) in [6.07, 6.45) is -0.0307. The number of Topliss-reactive ketones (excluding diaryl/α,β-unsaturated/α-hetero) is 2. The number of nitrogens with two attached hydrogens (primary N) is 2. The van der Waals surface area contributed by atoms with E-state index >= 15 is 0 Å². The highest BCUT2D eigenvalue weighted by Crippen LogP contribution is 2.37. The van der Waals surface area contributed by atoms with E-state index in [9.17, 15) is 29.4 Å². The highest BCUT2D eigenvalue weighted by Gasteiger charge is 2.53. The molecule has 0 saturated heterocycles. The Morgan fingerprint density at radius 3 is 1.74 bits per heavy atom. The first kappa shape index (κ1) is 23.9. The van der Waals surface area contributed by atoms with Gasteiger partial charge in [-0.05, 0) is 24.3 Å². The summed E-state index contributed by atoms with van der Waals surface area (Å²) in [4.78, 5) is 51.3. The highest BCUT2D eigenvalue weighted by molar-refractivity contribution is 7.99. The van der Waals surface area contributed by atoms with Crippen LogP contribution in [0, 0.1) is 5.41 Å². The van der Waals surface area contributed by atoms with Gasteiger partial charge in [-0.3, -0.25) is 30.0 Å². The van der Waals surface area contributed by atoms with Crippen LogP contribution in [0.5, 0.6) is 11.5 Å². The number of hydrogen-bond donors (Lipinski definition) is 6. The molecule has 0 aliphatic rings. The third-order valence-electron chi connectivity index (χ3n) is 4.54. The summed E-state index contributed by atoms with van der Waals surface area (Å²) in [5.74, 6) is 5.62. The lowest BCUT2D eigenvalue weighted by Gasteiger charge is -2.29. The number of hydrogen-bond acceptors (Lipinski definition) is 9. The van der Waals surface area contributed by atoms with Crippen molar-refractivity contribution in [2.24, 2.45) is 17.1 Å². The van der Waals surface area contributed by atoms with E-state index < -0.39 is 46.0 Å². The Bertz CT molecular complexity index is 940. The van der Waals surface area contributed by atoms with Crippen LogP contribution in [-0.4, -0.2) is 45.1 Å². The number of hydrazine groups is 2. The number of nitrogens with one attached hydrogen (secondary N) is 2. The predicted octanol–water partition coefficient (Wildman–Crippen LogP) is 0.253. The SMILES string of the molecule is NNC(=O)CCSCC(C(=O)NN)(C(=O)c1ccccc1O)C(=O)c1ccccc1O. The van der Waals surface area contributed by atoms with E-state index in [2.05, 4.69) is 0 Å². The van der Waals surface area contributed by atoms with Crippen molar-refractivity contribution in [2.75, 3.05) is 11.5 Å². The van der Waals surface area contributed by atoms with Crippen LogP contribution in [-0.2, 0) is 9.59 Å². The molecule has 0 aliphatic carbocycles. The summed E-state index contributed by atoms with van der Waals surface area (Å²) >= 11 is 0.968. The third kappa shape index (κ3) is 5.02. The van der Waals surface area contributed by atoms with E-state index in [0.717, 1.165) is 11.8 Å². The molecule has 0 fully saturated rings. The van der Waals surface area contributed by atoms with Gasteiger partial charge < -0.3 is 10.2 Å². The molecule has 2 amide bonds. The average Bonchev–Trinajstić information content (AvgIpc) is 2.78. The summed E-state index contributed by atoms with van der Waals surface area (Å²) in [6.45, 7) is 0. The first-order chi connectivity index (χ1) is 14.8. The Morgan fingerprint density at radius 1 is 0.839 bits per heavy atom. The molecular weight excluding hydrogens is 424 g/mol. The summed E-state index contributed by atoms with van der Waals surface area (Å²) < 4.78 is 0. The van der Waals surface area contributed by atoms with Crippen molar-refractivity contribution in [3.63, 3.8) is 0 Å². The Hall–Kier alpha value is -3.41. The van der Waals surface area contributed by atoms with Gasteiger partial charge in [0.15, 0.2) is 17.0 Å². The topological polar surface area (TPSA) is 185 Å². The fourth-order valence-electron chi connectivity index (χ4n) is 2.88. The molecule has 0 heterocycles. The maximum Gasteiger partial charge on any atom is 0.256 e. The fraction of sp³-hybridized carbons (Fsp3) is 0.200. The van der Waals surface area contributed by atoms with Crippen LogP contribution >= 0.6 is 11.8 Å². The maximum atomic E-state index is 13.5. The molecule has 0 atom stereocenters. The summed E-state index contributed by atoms with van der Waals surface area (Å²) in [5.41, 5.74) is 0.851. The number of thioether (sulfide) groups is 1. The largest absolute Gasteiger partial charge is 0.507 e. The zero-order valence-electron chi connectivity index (χ0n) is 16.3. The molecule has 0 unspecified atom stereocenters. The molecule has 2 aromatic rings. The minimum atomic E-state index is -2.42. The van der Waals surface area contributed by atoms with Gasteiger partial charge in [0.2, 0.25) is 5.91 Å². The second kappa shape index (κ2) is 10.6. The van der Waals surface area contributed by atoms with Gasteiger partial charge in [-0.25, -0.2) is 11.7 Å². The lowest BCUT2D eigenvalue weighted by molar-refractivity contribution is -0.125. The molecule has 11 heteroatoms. The number of rotatable bonds is 10. The molecule has 8 N–H and O–H groups in total. The Labute approximate surface area is 181 Å². The highest BCUT2D eigenvalue weighted by atomic mass is 32.2. The molecule has 164 valence electrons. The molecular formula is C20H22N4O6S. The minimum absolute atomic E-state index is 0.0307. The third-order valence-corrected chi connectivity index (χ3v) is 5.67. The Morgan fingerprint density at radius 2 is 1.32 bits per heavy atom. The molecule has 31 heavy (non-hydrogen) atoms. The summed E-state index contributed by atoms with van der Waals surface area (Å²) in [6, 6.07) is 10.9. The van der Waals surface area contributed by atoms with Crippen molar-refractivity contribution in [3.8, 4) is 11.5 Å². The van der Waals surface area contributed by atoms with E-state index in [1.807, 2.05) is 10.9 Å². The number of aromatic hydroxyl groups is 2. The zero-order valence-corrected chi connectivity index (χ0v) is 17.1. The van der Waals surface area contributed by atoms with E-state index in [1.165, 1.54) is 48.5 Å². The van der Waals surface area contributed by atoms with Gasteiger partial charge in [-0.15, -0.1) is 0 Å². The Balaban J connectivity index is 2.58. The number of amides is 2. The lowest BCUT2D eigenvalue weighted by atomic mass is 9.74. The van der Waals surface area contributed by atoms with E-state index in [4.69, 9.17) is 11.7 Å². The smallest absolute Gasteiger partial charge is 0.256 e. The van der Waals surface area contributed by atoms with Crippen molar-refractivity contribution in [3.05, 3.63) is 59.7 Å². The van der Waals surface area contributed by atoms with Gasteiger partial charge >= 0.3 is 0 Å². The van der Waals surface area contributed by atoms with Crippen molar-refractivity contribution >= 4 is 35.1 Å². The van der Waals surface area contributed by atoms with E-state index in [-0.39, 0.29) is 23.3 Å². The van der Waals surface area contributed by atoms with Gasteiger partial charge in [-0.2, -0.15) is 11.8 Å². The first-order valence-electron chi connectivity index (χ1n) is 9.03. The first-order valence-corrected chi connectivity index (χ1v) is 10.2. The number of ketones is 2. The molecule has 0 aromatic heterocycles. The van der Waals surface area contributed by atoms with Crippen LogP contribution in [0.4, 0.5) is 0 Å². The van der Waals surface area contributed by atoms with Gasteiger partial charge in [0.1, 0.15) is 11.5 Å². The molecule has 10 nitrogen and oxygen atoms in total. The molecule has 0 aliphatic heterocycles. The normalized spacial score (nSPS) is 10.9. The van der Waals surface area contributed by atoms with Crippen LogP contribution in [0.3, 0.4) is 0 Å². The van der Waals surface area contributed by atoms with E-state index in [1.54, 1.807) is 0 Å². The van der Waals surface area contributed by atoms with Gasteiger partial charge in [0.25, 0.3) is 5.91 Å². The number of phenols is 2. The van der Waals surface area contributed by atoms with Crippen molar-refractivity contribution in [1.82, 2.24) is 10.9 Å². The second-order valence-corrected chi connectivity index (χ2v) is 7.55. The molecule has 0 bridgehead atoms. The van der Waals surface area contributed by atoms with Crippen LogP contribution in [0.2, 0.25) is 0 Å². The summed E-state index contributed by atoms with van der Waals surface area (Å²) in [5, 5.41) is 20.3. The van der Waals surface area contributed by atoms with Gasteiger partial charge in [0.05, 0.1) is 11.1 Å². The number of benzene rings is 2. The second-order valence-electron chi connectivity index (χ2n) is 6.44. The number of carbonyl (C=O) groups is 4. The van der Waals surface area contributed by atoms with Crippen molar-refractivity contribution in [2.45, 2.75) is 6.42 Å². The van der Waals surface area contributed by atoms with Gasteiger partial charge in [0, 0.05) is 17.9 Å². The molecule has 2 rings (SSSR count). The standard InChI is InChI=1S/C20H22N4O6S/c21-23-16(27)9-10-31-11-20(19(30)24-22,17(28)12-5-1-3-7-14(12)25)18(29)13-6-2-4-8-15(13)26/h1-8,25-26H,9-11,21-22H2,(H,23,27)(H,24,30). The van der Waals surface area contributed by atoms with Crippen LogP contribution < -0.4 is 22.5 Å². The zero-order chi connectivity index (χ0) is 23.0. The number of phenolic OH excluding ortho intramolecular Hbond substituents is 2. The van der Waals surface area contributed by atoms with E-state index in [0.29, 0.717) is 0 Å². The lowest BCUT2D eigenvalue weighted by Crippen LogP contribution is -2.55. The monoisotopic (exact) mass is 446 g/mol. The summed E-state index contributed by atoms with van der Waals surface area (Å²) in [7, 11) is 0. The van der Waals surface area contributed by atoms with Crippen molar-refractivity contribution < 1.29 is 29.4 Å². The fourth-order valence-corrected chi connectivity index (χ4v) is 4.06. The quantitative estimate of drug-likeness (QED) is 0.0743. The minimum Gasteiger partial charge on any atom is -0.507 e. The van der Waals surface area contributed by atoms with Crippen LogP contribution in [0.25, 0.3) is 0 Å². The van der Waals surface area contributed by atoms with Crippen molar-refractivity contribution in [1.29, 1.82) is 0 Å². The molecule has 0 saturated carbocycles. The molecule has 0 radical (unpaired) electrons. The number of carbonyl (C=O) groups excluding carboxylic acids is 4. The number of para-hydroxylation sites is 2. The molecule has 2 aromatic carbocycles. The van der Waals surface area contributed by atoms with Crippen LogP contribution in [0.1, 0.15) is 27.1 Å². The average molecular weight is 446 g/mol. The predicted molar refractivity (Wildman–Crippen MR) is 114 cm³/mol. The van der Waals surface area contributed by atoms with Gasteiger partial charge in [-0.1, -0.05) is 24.3 Å². The maximum absolute atomic E-state index is 13.5. The Kier molecular flexibility index (Phi) is 8.14. The molecule has 0 spiro atoms. The van der Waals surface area contributed by atoms with Crippen LogP contribution in [0.15, 0.2) is 48.5 Å².